The molecular weight excluding hydrogens is 232 g/mol. The maximum absolute atomic E-state index is 11.9. The third-order valence-electron chi connectivity index (χ3n) is 2.59. The Bertz CT molecular complexity index is 358. The molecule has 0 saturated carbocycles. The summed E-state index contributed by atoms with van der Waals surface area (Å²) in [5.41, 5.74) is -1.25. The van der Waals surface area contributed by atoms with Crippen molar-refractivity contribution in [2.24, 2.45) is 5.41 Å². The van der Waals surface area contributed by atoms with E-state index in [0.717, 1.165) is 0 Å². The molecule has 0 bridgehead atoms. The van der Waals surface area contributed by atoms with Gasteiger partial charge in [-0.1, -0.05) is 0 Å². The first-order chi connectivity index (χ1) is 7.26. The van der Waals surface area contributed by atoms with E-state index in [4.69, 9.17) is 5.11 Å². The fourth-order valence-electron chi connectivity index (χ4n) is 1.53. The summed E-state index contributed by atoms with van der Waals surface area (Å²) in [5.74, 6) is -1.44. The van der Waals surface area contributed by atoms with Crippen LogP contribution in [0.3, 0.4) is 0 Å². The molecule has 0 aliphatic carbocycles. The molecule has 1 saturated heterocycles. The third kappa shape index (κ3) is 3.16. The van der Waals surface area contributed by atoms with Crippen LogP contribution < -0.4 is 5.32 Å². The molecule has 1 heterocycles. The fraction of sp³-hybridized carbons (Fsp3) is 0.889. The number of carbonyl (C=O) groups is 1. The van der Waals surface area contributed by atoms with Gasteiger partial charge >= 0.3 is 5.97 Å². The van der Waals surface area contributed by atoms with Gasteiger partial charge in [0.05, 0.1) is 11.2 Å². The maximum atomic E-state index is 11.9. The molecule has 0 unspecified atom stereocenters. The lowest BCUT2D eigenvalue weighted by molar-refractivity contribution is -0.145. The molecule has 1 aliphatic heterocycles. The van der Waals surface area contributed by atoms with Gasteiger partial charge in [0.25, 0.3) is 0 Å². The van der Waals surface area contributed by atoms with E-state index >= 15 is 0 Å². The van der Waals surface area contributed by atoms with Crippen molar-refractivity contribution in [3.63, 3.8) is 0 Å². The van der Waals surface area contributed by atoms with E-state index in [1.165, 1.54) is 18.2 Å². The van der Waals surface area contributed by atoms with Crippen LogP contribution >= 0.6 is 0 Å². The minimum absolute atomic E-state index is 0.352. The lowest BCUT2D eigenvalue weighted by Gasteiger charge is -2.29. The molecule has 0 aromatic heterocycles. The predicted octanol–water partition coefficient (Wildman–Crippen LogP) is -0.668. The molecule has 0 spiro atoms. The number of rotatable bonds is 4. The molecule has 2 N–H and O–H groups in total. The summed E-state index contributed by atoms with van der Waals surface area (Å²) in [6.45, 7) is 4.92. The average molecular weight is 250 g/mol. The Labute approximate surface area is 95.7 Å². The molecule has 0 radical (unpaired) electrons. The molecule has 1 fully saturated rings. The summed E-state index contributed by atoms with van der Waals surface area (Å²) in [6, 6.07) is 0. The Kier molecular flexibility index (Phi) is 3.92. The van der Waals surface area contributed by atoms with E-state index in [2.05, 4.69) is 5.32 Å². The number of carboxylic acid groups (broad SMARTS) is 1. The van der Waals surface area contributed by atoms with Gasteiger partial charge < -0.3 is 10.4 Å². The van der Waals surface area contributed by atoms with Gasteiger partial charge in [-0.2, -0.15) is 4.31 Å². The van der Waals surface area contributed by atoms with Gasteiger partial charge in [0.2, 0.25) is 10.0 Å². The molecule has 94 valence electrons. The summed E-state index contributed by atoms with van der Waals surface area (Å²) < 4.78 is 25.2. The van der Waals surface area contributed by atoms with Crippen molar-refractivity contribution in [2.75, 3.05) is 31.9 Å². The van der Waals surface area contributed by atoms with Crippen molar-refractivity contribution in [3.8, 4) is 0 Å². The number of nitrogens with zero attached hydrogens (tertiary/aromatic N) is 1. The van der Waals surface area contributed by atoms with Gasteiger partial charge in [-0.25, -0.2) is 8.42 Å². The first-order valence-corrected chi connectivity index (χ1v) is 6.78. The Morgan fingerprint density at radius 1 is 1.38 bits per heavy atom. The van der Waals surface area contributed by atoms with Crippen LogP contribution in [0.25, 0.3) is 0 Å². The van der Waals surface area contributed by atoms with Gasteiger partial charge in [-0.15, -0.1) is 0 Å². The Morgan fingerprint density at radius 3 is 2.31 bits per heavy atom. The molecule has 1 aliphatic rings. The topological polar surface area (TPSA) is 86.7 Å². The first kappa shape index (κ1) is 13.4. The quantitative estimate of drug-likeness (QED) is 0.691. The van der Waals surface area contributed by atoms with Crippen molar-refractivity contribution in [1.82, 2.24) is 9.62 Å². The van der Waals surface area contributed by atoms with E-state index in [1.54, 1.807) is 0 Å². The molecule has 7 heteroatoms. The number of aliphatic carboxylic acids is 1. The summed E-state index contributed by atoms with van der Waals surface area (Å²) >= 11 is 0. The normalized spacial score (nSPS) is 19.6. The third-order valence-corrected chi connectivity index (χ3v) is 4.83. The highest BCUT2D eigenvalue weighted by atomic mass is 32.2. The lowest BCUT2D eigenvalue weighted by Crippen LogP contribution is -2.49. The average Bonchev–Trinajstić information content (AvgIpc) is 2.17. The van der Waals surface area contributed by atoms with Crippen LogP contribution in [0.4, 0.5) is 0 Å². The molecule has 0 aromatic carbocycles. The predicted molar refractivity (Wildman–Crippen MR) is 59.6 cm³/mol. The molecule has 6 nitrogen and oxygen atoms in total. The van der Waals surface area contributed by atoms with Crippen LogP contribution in [0.2, 0.25) is 0 Å². The van der Waals surface area contributed by atoms with Crippen molar-refractivity contribution < 1.29 is 18.3 Å². The molecule has 16 heavy (non-hydrogen) atoms. The number of hydrogen-bond acceptors (Lipinski definition) is 4. The largest absolute Gasteiger partial charge is 0.481 e. The zero-order chi connectivity index (χ0) is 12.4. The zero-order valence-electron chi connectivity index (χ0n) is 9.56. The van der Waals surface area contributed by atoms with Gasteiger partial charge in [-0.3, -0.25) is 4.79 Å². The van der Waals surface area contributed by atoms with Crippen LogP contribution in [-0.4, -0.2) is 55.7 Å². The van der Waals surface area contributed by atoms with E-state index in [1.807, 2.05) is 0 Å². The number of sulfonamides is 1. The Balaban J connectivity index is 2.74. The molecular formula is C9H18N2O4S. The number of hydrogen-bond donors (Lipinski definition) is 2. The van der Waals surface area contributed by atoms with Gasteiger partial charge in [0.15, 0.2) is 0 Å². The van der Waals surface area contributed by atoms with Crippen molar-refractivity contribution in [2.45, 2.75) is 13.8 Å². The highest BCUT2D eigenvalue weighted by molar-refractivity contribution is 7.89. The molecule has 0 atom stereocenters. The lowest BCUT2D eigenvalue weighted by atomic mass is 9.97. The monoisotopic (exact) mass is 250 g/mol. The van der Waals surface area contributed by atoms with Crippen LogP contribution in [0.1, 0.15) is 13.8 Å². The van der Waals surface area contributed by atoms with Crippen LogP contribution in [0.5, 0.6) is 0 Å². The second kappa shape index (κ2) is 4.68. The number of carboxylic acids is 1. The summed E-state index contributed by atoms with van der Waals surface area (Å²) in [5, 5.41) is 12.0. The van der Waals surface area contributed by atoms with Gasteiger partial charge in [-0.05, 0) is 13.8 Å². The smallest absolute Gasteiger partial charge is 0.310 e. The zero-order valence-corrected chi connectivity index (χ0v) is 10.4. The molecule has 0 aromatic rings. The SMILES string of the molecule is CC(C)(CS(=O)(=O)N1CCNCC1)C(=O)O. The summed E-state index contributed by atoms with van der Waals surface area (Å²) in [7, 11) is -3.47. The van der Waals surface area contributed by atoms with E-state index in [-0.39, 0.29) is 5.75 Å². The van der Waals surface area contributed by atoms with Crippen LogP contribution in [-0.2, 0) is 14.8 Å². The van der Waals surface area contributed by atoms with Gasteiger partial charge in [0.1, 0.15) is 0 Å². The maximum Gasteiger partial charge on any atom is 0.310 e. The first-order valence-electron chi connectivity index (χ1n) is 5.18. The van der Waals surface area contributed by atoms with Crippen LogP contribution in [0, 0.1) is 5.41 Å². The van der Waals surface area contributed by atoms with Crippen molar-refractivity contribution in [3.05, 3.63) is 0 Å². The number of piperazine rings is 1. The highest BCUT2D eigenvalue weighted by Gasteiger charge is 2.36. The highest BCUT2D eigenvalue weighted by Crippen LogP contribution is 2.20. The standard InChI is InChI=1S/C9H18N2O4S/c1-9(2,8(12)13)7-16(14,15)11-5-3-10-4-6-11/h10H,3-7H2,1-2H3,(H,12,13). The van der Waals surface area contributed by atoms with E-state index in [9.17, 15) is 13.2 Å². The summed E-state index contributed by atoms with van der Waals surface area (Å²) in [4.78, 5) is 10.9. The second-order valence-corrected chi connectivity index (χ2v) is 6.56. The number of nitrogens with one attached hydrogen (secondary N) is 1. The Morgan fingerprint density at radius 2 is 1.88 bits per heavy atom. The second-order valence-electron chi connectivity index (χ2n) is 4.59. The van der Waals surface area contributed by atoms with E-state index in [0.29, 0.717) is 26.2 Å². The van der Waals surface area contributed by atoms with Crippen LogP contribution in [0.15, 0.2) is 0 Å². The summed E-state index contributed by atoms with van der Waals surface area (Å²) in [6.07, 6.45) is 0. The van der Waals surface area contributed by atoms with E-state index < -0.39 is 21.4 Å². The minimum atomic E-state index is -3.47. The molecule has 1 rings (SSSR count). The molecule has 0 amide bonds. The Hall–Kier alpha value is -0.660. The fourth-order valence-corrected chi connectivity index (χ4v) is 3.49. The van der Waals surface area contributed by atoms with Crippen molar-refractivity contribution in [1.29, 1.82) is 0 Å². The van der Waals surface area contributed by atoms with Gasteiger partial charge in [0, 0.05) is 26.2 Å². The minimum Gasteiger partial charge on any atom is -0.481 e. The van der Waals surface area contributed by atoms with Crippen molar-refractivity contribution >= 4 is 16.0 Å².